The van der Waals surface area contributed by atoms with Crippen LogP contribution in [0.25, 0.3) is 0 Å². The lowest BCUT2D eigenvalue weighted by molar-refractivity contribution is -0.119. The molecule has 2 aromatic rings. The smallest absolute Gasteiger partial charge is 0.264 e. The van der Waals surface area contributed by atoms with Crippen molar-refractivity contribution >= 4 is 15.9 Å². The lowest BCUT2D eigenvalue weighted by Crippen LogP contribution is -2.30. The van der Waals surface area contributed by atoms with Crippen LogP contribution in [0.1, 0.15) is 35.1 Å². The van der Waals surface area contributed by atoms with E-state index in [1.165, 1.54) is 11.6 Å². The van der Waals surface area contributed by atoms with Crippen LogP contribution in [-0.2, 0) is 21.2 Å². The molecule has 0 aliphatic carbocycles. The van der Waals surface area contributed by atoms with Gasteiger partial charge < -0.3 is 0 Å². The second kappa shape index (κ2) is 7.62. The summed E-state index contributed by atoms with van der Waals surface area (Å²) in [6.07, 6.45) is 1.53. The Labute approximate surface area is 144 Å². The molecule has 0 atom stereocenters. The summed E-state index contributed by atoms with van der Waals surface area (Å²) >= 11 is 0. The van der Waals surface area contributed by atoms with Gasteiger partial charge in [0, 0.05) is 6.42 Å². The van der Waals surface area contributed by atoms with Gasteiger partial charge in [-0.05, 0) is 62.4 Å². The number of nitrogens with one attached hydrogen (secondary N) is 1. The zero-order valence-electron chi connectivity index (χ0n) is 14.3. The average Bonchev–Trinajstić information content (AvgIpc) is 2.51. The van der Waals surface area contributed by atoms with Crippen LogP contribution in [-0.4, -0.2) is 14.3 Å². The van der Waals surface area contributed by atoms with Gasteiger partial charge in [0.2, 0.25) is 5.91 Å². The molecule has 1 amide bonds. The zero-order valence-corrected chi connectivity index (χ0v) is 15.1. The quantitative estimate of drug-likeness (QED) is 0.872. The number of rotatable bonds is 6. The minimum absolute atomic E-state index is 0.123. The van der Waals surface area contributed by atoms with Crippen LogP contribution in [0.5, 0.6) is 0 Å². The third-order valence-corrected chi connectivity index (χ3v) is 5.40. The minimum atomic E-state index is -3.80. The summed E-state index contributed by atoms with van der Waals surface area (Å²) in [5.41, 5.74) is 4.23. The van der Waals surface area contributed by atoms with Crippen molar-refractivity contribution in [3.05, 3.63) is 64.7 Å². The van der Waals surface area contributed by atoms with E-state index in [1.807, 2.05) is 45.0 Å². The predicted octanol–water partition coefficient (Wildman–Crippen LogP) is 3.44. The first-order valence-corrected chi connectivity index (χ1v) is 9.45. The van der Waals surface area contributed by atoms with Crippen molar-refractivity contribution in [2.24, 2.45) is 0 Å². The maximum absolute atomic E-state index is 12.2. The van der Waals surface area contributed by atoms with Crippen LogP contribution < -0.4 is 4.72 Å². The number of benzene rings is 2. The Morgan fingerprint density at radius 3 is 2.25 bits per heavy atom. The summed E-state index contributed by atoms with van der Waals surface area (Å²) in [6, 6.07) is 12.9. The van der Waals surface area contributed by atoms with E-state index in [-0.39, 0.29) is 11.3 Å². The van der Waals surface area contributed by atoms with Gasteiger partial charge in [-0.2, -0.15) is 0 Å². The Hall–Kier alpha value is -2.14. The molecule has 0 aliphatic rings. The second-order valence-electron chi connectivity index (χ2n) is 6.11. The number of carbonyl (C=O) groups excluding carboxylic acids is 1. The van der Waals surface area contributed by atoms with E-state index in [9.17, 15) is 13.2 Å². The van der Waals surface area contributed by atoms with E-state index in [0.29, 0.717) is 6.42 Å². The highest BCUT2D eigenvalue weighted by atomic mass is 32.2. The van der Waals surface area contributed by atoms with Crippen LogP contribution in [0.4, 0.5) is 0 Å². The minimum Gasteiger partial charge on any atom is -0.274 e. The summed E-state index contributed by atoms with van der Waals surface area (Å²) in [7, 11) is -3.80. The van der Waals surface area contributed by atoms with Gasteiger partial charge in [0.15, 0.2) is 0 Å². The van der Waals surface area contributed by atoms with Crippen molar-refractivity contribution in [2.75, 3.05) is 0 Å². The van der Waals surface area contributed by atoms with E-state index in [0.717, 1.165) is 23.1 Å². The Balaban J connectivity index is 1.90. The third kappa shape index (κ3) is 4.93. The molecule has 2 aromatic carbocycles. The molecular formula is C19H23NO3S. The van der Waals surface area contributed by atoms with Crippen molar-refractivity contribution in [1.82, 2.24) is 4.72 Å². The van der Waals surface area contributed by atoms with E-state index >= 15 is 0 Å². The van der Waals surface area contributed by atoms with Gasteiger partial charge in [-0.25, -0.2) is 13.1 Å². The van der Waals surface area contributed by atoms with Crippen molar-refractivity contribution < 1.29 is 13.2 Å². The van der Waals surface area contributed by atoms with E-state index in [4.69, 9.17) is 0 Å². The number of carbonyl (C=O) groups is 1. The molecule has 0 bridgehead atoms. The molecule has 0 saturated carbocycles. The van der Waals surface area contributed by atoms with E-state index < -0.39 is 15.9 Å². The van der Waals surface area contributed by atoms with E-state index in [2.05, 4.69) is 4.72 Å². The average molecular weight is 345 g/mol. The number of hydrogen-bond donors (Lipinski definition) is 1. The fourth-order valence-corrected chi connectivity index (χ4v) is 3.45. The summed E-state index contributed by atoms with van der Waals surface area (Å²) in [5, 5.41) is 0. The monoisotopic (exact) mass is 345 g/mol. The molecule has 5 heteroatoms. The highest BCUT2D eigenvalue weighted by molar-refractivity contribution is 7.90. The van der Waals surface area contributed by atoms with Gasteiger partial charge in [0.05, 0.1) is 4.90 Å². The maximum atomic E-state index is 12.2. The standard InChI is InChI=1S/C19H23NO3S/c1-14-7-10-17(11-8-14)5-4-6-19(21)20-24(22,23)18-12-9-15(2)16(3)13-18/h7-13H,4-6H2,1-3H3,(H,20,21). The van der Waals surface area contributed by atoms with Crippen LogP contribution in [0.2, 0.25) is 0 Å². The summed E-state index contributed by atoms with van der Waals surface area (Å²) < 4.78 is 26.6. The number of hydrogen-bond acceptors (Lipinski definition) is 3. The topological polar surface area (TPSA) is 63.2 Å². The molecule has 0 fully saturated rings. The highest BCUT2D eigenvalue weighted by Gasteiger charge is 2.17. The van der Waals surface area contributed by atoms with Gasteiger partial charge in [-0.15, -0.1) is 0 Å². The zero-order chi connectivity index (χ0) is 17.7. The molecule has 0 aromatic heterocycles. The highest BCUT2D eigenvalue weighted by Crippen LogP contribution is 2.15. The molecule has 24 heavy (non-hydrogen) atoms. The van der Waals surface area contributed by atoms with Crippen LogP contribution in [0, 0.1) is 20.8 Å². The van der Waals surface area contributed by atoms with Gasteiger partial charge in [-0.3, -0.25) is 4.79 Å². The molecule has 2 rings (SSSR count). The molecular weight excluding hydrogens is 322 g/mol. The molecule has 0 radical (unpaired) electrons. The summed E-state index contributed by atoms with van der Waals surface area (Å²) in [6.45, 7) is 5.78. The second-order valence-corrected chi connectivity index (χ2v) is 7.80. The fraction of sp³-hybridized carbons (Fsp3) is 0.316. The van der Waals surface area contributed by atoms with Crippen molar-refractivity contribution in [2.45, 2.75) is 44.9 Å². The Kier molecular flexibility index (Phi) is 5.78. The fourth-order valence-electron chi connectivity index (χ4n) is 2.35. The van der Waals surface area contributed by atoms with Gasteiger partial charge in [0.25, 0.3) is 10.0 Å². The van der Waals surface area contributed by atoms with Crippen LogP contribution >= 0.6 is 0 Å². The number of sulfonamides is 1. The van der Waals surface area contributed by atoms with Crippen molar-refractivity contribution in [3.8, 4) is 0 Å². The predicted molar refractivity (Wildman–Crippen MR) is 95.4 cm³/mol. The number of aryl methyl sites for hydroxylation is 4. The molecule has 0 aliphatic heterocycles. The molecule has 0 unspecified atom stereocenters. The Morgan fingerprint density at radius 2 is 1.62 bits per heavy atom. The first-order valence-electron chi connectivity index (χ1n) is 7.96. The largest absolute Gasteiger partial charge is 0.274 e. The third-order valence-electron chi connectivity index (χ3n) is 4.03. The molecule has 0 spiro atoms. The molecule has 4 nitrogen and oxygen atoms in total. The Morgan fingerprint density at radius 1 is 0.958 bits per heavy atom. The SMILES string of the molecule is Cc1ccc(CCCC(=O)NS(=O)(=O)c2ccc(C)c(C)c2)cc1. The molecule has 0 saturated heterocycles. The maximum Gasteiger partial charge on any atom is 0.264 e. The summed E-state index contributed by atoms with van der Waals surface area (Å²) in [4.78, 5) is 12.1. The summed E-state index contributed by atoms with van der Waals surface area (Å²) in [5.74, 6) is -0.472. The van der Waals surface area contributed by atoms with Crippen molar-refractivity contribution in [3.63, 3.8) is 0 Å². The first-order chi connectivity index (χ1) is 11.3. The van der Waals surface area contributed by atoms with E-state index in [1.54, 1.807) is 12.1 Å². The molecule has 128 valence electrons. The van der Waals surface area contributed by atoms with Crippen LogP contribution in [0.15, 0.2) is 47.4 Å². The van der Waals surface area contributed by atoms with Gasteiger partial charge in [-0.1, -0.05) is 35.9 Å². The van der Waals surface area contributed by atoms with Gasteiger partial charge in [0.1, 0.15) is 0 Å². The van der Waals surface area contributed by atoms with Gasteiger partial charge >= 0.3 is 0 Å². The Bertz CT molecular complexity index is 824. The lowest BCUT2D eigenvalue weighted by atomic mass is 10.1. The van der Waals surface area contributed by atoms with Crippen molar-refractivity contribution in [1.29, 1.82) is 0 Å². The normalized spacial score (nSPS) is 11.3. The van der Waals surface area contributed by atoms with Crippen LogP contribution in [0.3, 0.4) is 0 Å². The molecule has 0 heterocycles. The first kappa shape index (κ1) is 18.2. The lowest BCUT2D eigenvalue weighted by Gasteiger charge is -2.09. The molecule has 1 N–H and O–H groups in total. The number of amides is 1.